The van der Waals surface area contributed by atoms with Crippen molar-refractivity contribution in [3.63, 3.8) is 0 Å². The number of nitrogens with zero attached hydrogens (tertiary/aromatic N) is 2. The van der Waals surface area contributed by atoms with Gasteiger partial charge in [-0.2, -0.15) is 4.99 Å². The molecular formula is C25H29BrFN3O6S. The fraction of sp³-hybridized carbons (Fsp3) is 0.360. The number of benzene rings is 2. The Balaban J connectivity index is 2.61. The molecule has 12 heteroatoms. The van der Waals surface area contributed by atoms with Gasteiger partial charge < -0.3 is 24.3 Å². The first-order valence-electron chi connectivity index (χ1n) is 10.9. The zero-order valence-corrected chi connectivity index (χ0v) is 24.0. The largest absolute Gasteiger partial charge is 0.493 e. The summed E-state index contributed by atoms with van der Waals surface area (Å²) in [6, 6.07) is 7.72. The maximum absolute atomic E-state index is 15.2. The number of aliphatic imine (C=N–C) groups is 2. The third kappa shape index (κ3) is 8.74. The highest BCUT2D eigenvalue weighted by molar-refractivity contribution is 9.10. The highest BCUT2D eigenvalue weighted by atomic mass is 79.9. The molecule has 0 aliphatic carbocycles. The molecular weight excluding hydrogens is 569 g/mol. The second-order valence-corrected chi connectivity index (χ2v) is 10.0. The number of carbonyl (C=O) groups is 2. The smallest absolute Gasteiger partial charge is 0.434 e. The molecule has 0 fully saturated rings. The minimum Gasteiger partial charge on any atom is -0.493 e. The van der Waals surface area contributed by atoms with Crippen molar-refractivity contribution in [2.24, 2.45) is 9.98 Å². The number of thioether (sulfide) groups is 1. The minimum absolute atomic E-state index is 0.0333. The molecule has 0 saturated carbocycles. The monoisotopic (exact) mass is 597 g/mol. The highest BCUT2D eigenvalue weighted by Crippen LogP contribution is 2.32. The normalized spacial score (nSPS) is 12.1. The first-order chi connectivity index (χ1) is 17.4. The number of nitrogens with one attached hydrogen (secondary N) is 1. The van der Waals surface area contributed by atoms with Crippen molar-refractivity contribution >= 4 is 56.3 Å². The molecule has 0 aromatic heterocycles. The van der Waals surface area contributed by atoms with Crippen molar-refractivity contribution in [2.75, 3.05) is 27.6 Å². The van der Waals surface area contributed by atoms with E-state index in [2.05, 4.69) is 36.0 Å². The standard InChI is InChI=1S/C25H29BrFN3O6S/c1-25(2,3)36-23(31)28-13-14-10-15(8-9-17(14)26)29-21(22(37-7)30-24(32)35-6)16-11-19(33-4)20(34-5)12-18(16)27/h8-12H,13H2,1-7H3,(H,28,31)/b29-21+,30-22-. The van der Waals surface area contributed by atoms with Crippen LogP contribution in [0.25, 0.3) is 0 Å². The molecule has 2 aromatic carbocycles. The lowest BCUT2D eigenvalue weighted by molar-refractivity contribution is 0.0523. The van der Waals surface area contributed by atoms with Crippen LogP contribution in [0.1, 0.15) is 31.9 Å². The second-order valence-electron chi connectivity index (χ2n) is 8.37. The van der Waals surface area contributed by atoms with Crippen molar-refractivity contribution in [3.8, 4) is 11.5 Å². The van der Waals surface area contributed by atoms with E-state index in [0.29, 0.717) is 11.3 Å². The van der Waals surface area contributed by atoms with Crippen LogP contribution in [-0.4, -0.2) is 56.1 Å². The Morgan fingerprint density at radius 1 is 1.08 bits per heavy atom. The average molecular weight is 598 g/mol. The van der Waals surface area contributed by atoms with Gasteiger partial charge in [-0.1, -0.05) is 15.9 Å². The molecule has 0 unspecified atom stereocenters. The van der Waals surface area contributed by atoms with Gasteiger partial charge in [-0.25, -0.2) is 19.0 Å². The lowest BCUT2D eigenvalue weighted by atomic mass is 10.1. The summed E-state index contributed by atoms with van der Waals surface area (Å²) in [6.07, 6.45) is 0.237. The third-order valence-corrected chi connectivity index (χ3v) is 6.03. The molecule has 0 aliphatic heterocycles. The number of amides is 2. The third-order valence-electron chi connectivity index (χ3n) is 4.58. The molecule has 200 valence electrons. The van der Waals surface area contributed by atoms with Gasteiger partial charge >= 0.3 is 12.2 Å². The molecule has 2 aromatic rings. The number of methoxy groups -OCH3 is 3. The number of rotatable bonds is 7. The van der Waals surface area contributed by atoms with Crippen molar-refractivity contribution in [1.82, 2.24) is 5.32 Å². The maximum atomic E-state index is 15.2. The van der Waals surface area contributed by atoms with Crippen LogP contribution in [0.5, 0.6) is 11.5 Å². The summed E-state index contributed by atoms with van der Waals surface area (Å²) in [7, 11) is 4.01. The number of hydrogen-bond acceptors (Lipinski definition) is 8. The molecule has 2 amide bonds. The summed E-state index contributed by atoms with van der Waals surface area (Å²) in [5.74, 6) is -0.201. The number of hydrogen-bond donors (Lipinski definition) is 1. The van der Waals surface area contributed by atoms with Crippen molar-refractivity contribution in [2.45, 2.75) is 32.9 Å². The van der Waals surface area contributed by atoms with Gasteiger partial charge in [0.05, 0.1) is 27.0 Å². The Bertz CT molecular complexity index is 1210. The van der Waals surface area contributed by atoms with Gasteiger partial charge in [0.1, 0.15) is 22.2 Å². The van der Waals surface area contributed by atoms with Crippen LogP contribution >= 0.6 is 27.7 Å². The molecule has 9 nitrogen and oxygen atoms in total. The second kappa shape index (κ2) is 13.4. The van der Waals surface area contributed by atoms with Gasteiger partial charge in [0.25, 0.3) is 0 Å². The van der Waals surface area contributed by atoms with Crippen LogP contribution in [0, 0.1) is 5.82 Å². The zero-order chi connectivity index (χ0) is 27.8. The first kappa shape index (κ1) is 30.1. The Morgan fingerprint density at radius 2 is 1.73 bits per heavy atom. The van der Waals surface area contributed by atoms with Crippen molar-refractivity contribution in [3.05, 3.63) is 51.7 Å². The Hall–Kier alpha value is -3.12. The van der Waals surface area contributed by atoms with E-state index in [0.717, 1.165) is 22.3 Å². The number of halogens is 2. The molecule has 0 spiro atoms. The minimum atomic E-state index is -0.865. The first-order valence-corrected chi connectivity index (χ1v) is 12.9. The molecule has 2 rings (SSSR count). The summed E-state index contributed by atoms with van der Waals surface area (Å²) in [5.41, 5.74) is 0.574. The fourth-order valence-electron chi connectivity index (χ4n) is 2.96. The predicted octanol–water partition coefficient (Wildman–Crippen LogP) is 6.28. The summed E-state index contributed by atoms with van der Waals surface area (Å²) in [4.78, 5) is 32.6. The lowest BCUT2D eigenvalue weighted by Gasteiger charge is -2.20. The van der Waals surface area contributed by atoms with Crippen LogP contribution in [0.15, 0.2) is 44.8 Å². The predicted molar refractivity (Wildman–Crippen MR) is 146 cm³/mol. The van der Waals surface area contributed by atoms with Crippen molar-refractivity contribution < 1.29 is 32.9 Å². The number of carbonyl (C=O) groups excluding carboxylic acids is 2. The van der Waals surface area contributed by atoms with Crippen LogP contribution in [0.2, 0.25) is 0 Å². The molecule has 0 saturated heterocycles. The molecule has 37 heavy (non-hydrogen) atoms. The SMILES string of the molecule is COC(=O)/N=C(SC)/C(=N/c1ccc(Br)c(CNC(=O)OC(C)(C)C)c1)c1cc(OC)c(OC)cc1F. The Morgan fingerprint density at radius 3 is 2.30 bits per heavy atom. The Kier molecular flexibility index (Phi) is 10.9. The van der Waals surface area contributed by atoms with E-state index in [9.17, 15) is 9.59 Å². The van der Waals surface area contributed by atoms with Crippen LogP contribution in [0.4, 0.5) is 19.7 Å². The topological polar surface area (TPSA) is 108 Å². The lowest BCUT2D eigenvalue weighted by Crippen LogP contribution is -2.32. The quantitative estimate of drug-likeness (QED) is 0.295. The summed E-state index contributed by atoms with van der Waals surface area (Å²) in [6.45, 7) is 5.45. The van der Waals surface area contributed by atoms with Gasteiger partial charge in [0.2, 0.25) is 0 Å². The Labute approximate surface area is 228 Å². The van der Waals surface area contributed by atoms with E-state index in [1.807, 2.05) is 0 Å². The molecule has 1 N–H and O–H groups in total. The number of ether oxygens (including phenoxy) is 4. The summed E-state index contributed by atoms with van der Waals surface area (Å²) >= 11 is 4.56. The van der Waals surface area contributed by atoms with E-state index in [1.165, 1.54) is 27.4 Å². The van der Waals surface area contributed by atoms with E-state index >= 15 is 4.39 Å². The summed E-state index contributed by atoms with van der Waals surface area (Å²) < 4.78 is 36.4. The van der Waals surface area contributed by atoms with E-state index in [1.54, 1.807) is 45.2 Å². The van der Waals surface area contributed by atoms with E-state index < -0.39 is 23.6 Å². The molecule has 0 aliphatic rings. The molecule has 0 bridgehead atoms. The van der Waals surface area contributed by atoms with Gasteiger partial charge in [-0.05, 0) is 56.9 Å². The van der Waals surface area contributed by atoms with Crippen LogP contribution in [0.3, 0.4) is 0 Å². The summed E-state index contributed by atoms with van der Waals surface area (Å²) in [5, 5.41) is 2.81. The van der Waals surface area contributed by atoms with Gasteiger partial charge in [-0.15, -0.1) is 11.8 Å². The molecule has 0 atom stereocenters. The molecule has 0 radical (unpaired) electrons. The van der Waals surface area contributed by atoms with Gasteiger partial charge in [0, 0.05) is 22.6 Å². The van der Waals surface area contributed by atoms with E-state index in [-0.39, 0.29) is 34.4 Å². The van der Waals surface area contributed by atoms with Crippen molar-refractivity contribution in [1.29, 1.82) is 0 Å². The van der Waals surface area contributed by atoms with Gasteiger partial charge in [0.15, 0.2) is 11.5 Å². The van der Waals surface area contributed by atoms with Crippen LogP contribution in [-0.2, 0) is 16.0 Å². The van der Waals surface area contributed by atoms with Crippen LogP contribution < -0.4 is 14.8 Å². The average Bonchev–Trinajstić information content (AvgIpc) is 2.84. The highest BCUT2D eigenvalue weighted by Gasteiger charge is 2.22. The van der Waals surface area contributed by atoms with E-state index in [4.69, 9.17) is 14.2 Å². The number of alkyl carbamates (subject to hydrolysis) is 1. The maximum Gasteiger partial charge on any atom is 0.434 e. The zero-order valence-electron chi connectivity index (χ0n) is 21.6. The molecule has 0 heterocycles. The van der Waals surface area contributed by atoms with Gasteiger partial charge in [-0.3, -0.25) is 0 Å². The fourth-order valence-corrected chi connectivity index (χ4v) is 3.86.